The summed E-state index contributed by atoms with van der Waals surface area (Å²) in [6.07, 6.45) is 0. The molecule has 0 bridgehead atoms. The molecule has 0 unspecified atom stereocenters. The van der Waals surface area contributed by atoms with Gasteiger partial charge in [0.1, 0.15) is 0 Å². The Bertz CT molecular complexity index is 677. The average molecular weight is 268 g/mol. The molecule has 0 fully saturated rings. The van der Waals surface area contributed by atoms with Crippen molar-refractivity contribution in [2.24, 2.45) is 0 Å². The van der Waals surface area contributed by atoms with Gasteiger partial charge in [-0.15, -0.1) is 0 Å². The molecule has 0 aliphatic rings. The van der Waals surface area contributed by atoms with Crippen molar-refractivity contribution in [3.05, 3.63) is 64.7 Å². The summed E-state index contributed by atoms with van der Waals surface area (Å²) in [5.74, 6) is -1.82. The van der Waals surface area contributed by atoms with Gasteiger partial charge in [-0.25, -0.2) is 0 Å². The number of hydrogen-bond donors (Lipinski definition) is 1. The number of amides is 1. The van der Waals surface area contributed by atoms with Crippen molar-refractivity contribution in [3.8, 4) is 0 Å². The van der Waals surface area contributed by atoms with Gasteiger partial charge in [-0.3, -0.25) is 4.79 Å². The number of aryl methyl sites for hydroxylation is 1. The van der Waals surface area contributed by atoms with Crippen LogP contribution in [0, 0.1) is 13.8 Å². The zero-order valence-corrected chi connectivity index (χ0v) is 11.3. The minimum absolute atomic E-state index is 0.0911. The molecule has 1 N–H and O–H groups in total. The second-order valence-corrected chi connectivity index (χ2v) is 4.53. The lowest BCUT2D eigenvalue weighted by molar-refractivity contribution is -0.255. The molecule has 102 valence electrons. The fourth-order valence-electron chi connectivity index (χ4n) is 1.94. The quantitative estimate of drug-likeness (QED) is 0.924. The van der Waals surface area contributed by atoms with Crippen LogP contribution in [-0.4, -0.2) is 11.9 Å². The average Bonchev–Trinajstić information content (AvgIpc) is 2.43. The molecule has 20 heavy (non-hydrogen) atoms. The minimum Gasteiger partial charge on any atom is -0.545 e. The molecule has 2 rings (SSSR count). The van der Waals surface area contributed by atoms with Gasteiger partial charge in [-0.1, -0.05) is 30.3 Å². The van der Waals surface area contributed by atoms with Gasteiger partial charge in [0.25, 0.3) is 5.91 Å². The molecule has 0 saturated carbocycles. The monoisotopic (exact) mass is 268 g/mol. The maximum atomic E-state index is 12.2. The smallest absolute Gasteiger partial charge is 0.256 e. The minimum atomic E-state index is -1.36. The SMILES string of the molecule is Cc1cccc(NC(=O)c2ccccc2C(=O)[O-])c1C. The molecule has 0 saturated heterocycles. The van der Waals surface area contributed by atoms with Crippen molar-refractivity contribution in [3.63, 3.8) is 0 Å². The Balaban J connectivity index is 2.34. The van der Waals surface area contributed by atoms with Gasteiger partial charge < -0.3 is 15.2 Å². The lowest BCUT2D eigenvalue weighted by Crippen LogP contribution is -2.26. The number of anilines is 1. The molecule has 0 radical (unpaired) electrons. The van der Waals surface area contributed by atoms with E-state index in [1.165, 1.54) is 12.1 Å². The maximum absolute atomic E-state index is 12.2. The second kappa shape index (κ2) is 5.57. The van der Waals surface area contributed by atoms with Gasteiger partial charge in [0.15, 0.2) is 0 Å². The van der Waals surface area contributed by atoms with Crippen molar-refractivity contribution in [2.45, 2.75) is 13.8 Å². The first kappa shape index (κ1) is 13.8. The van der Waals surface area contributed by atoms with Crippen LogP contribution in [-0.2, 0) is 0 Å². The number of benzene rings is 2. The fraction of sp³-hybridized carbons (Fsp3) is 0.125. The highest BCUT2D eigenvalue weighted by Gasteiger charge is 2.12. The van der Waals surface area contributed by atoms with Crippen molar-refractivity contribution < 1.29 is 14.7 Å². The number of carbonyl (C=O) groups is 2. The Morgan fingerprint density at radius 1 is 0.950 bits per heavy atom. The molecular formula is C16H14NO3-. The topological polar surface area (TPSA) is 69.2 Å². The molecule has 0 aromatic heterocycles. The molecule has 0 atom stereocenters. The lowest BCUT2D eigenvalue weighted by atomic mass is 10.1. The molecule has 2 aromatic rings. The normalized spacial score (nSPS) is 10.1. The fourth-order valence-corrected chi connectivity index (χ4v) is 1.94. The van der Waals surface area contributed by atoms with E-state index in [1.54, 1.807) is 18.2 Å². The Labute approximate surface area is 117 Å². The van der Waals surface area contributed by atoms with E-state index < -0.39 is 11.9 Å². The molecule has 0 aliphatic heterocycles. The van der Waals surface area contributed by atoms with Crippen LogP contribution in [0.3, 0.4) is 0 Å². The largest absolute Gasteiger partial charge is 0.545 e. The van der Waals surface area contributed by atoms with Crippen molar-refractivity contribution in [1.29, 1.82) is 0 Å². The van der Waals surface area contributed by atoms with Gasteiger partial charge in [0.05, 0.1) is 5.97 Å². The number of aromatic carboxylic acids is 1. The predicted molar refractivity (Wildman–Crippen MR) is 74.6 cm³/mol. The van der Waals surface area contributed by atoms with Crippen molar-refractivity contribution in [1.82, 2.24) is 0 Å². The number of nitrogens with one attached hydrogen (secondary N) is 1. The molecule has 0 aliphatic carbocycles. The summed E-state index contributed by atoms with van der Waals surface area (Å²) in [6.45, 7) is 3.84. The van der Waals surface area contributed by atoms with E-state index >= 15 is 0 Å². The first-order valence-corrected chi connectivity index (χ1v) is 6.18. The van der Waals surface area contributed by atoms with Crippen LogP contribution < -0.4 is 10.4 Å². The van der Waals surface area contributed by atoms with E-state index in [0.29, 0.717) is 5.69 Å². The molecule has 4 nitrogen and oxygen atoms in total. The number of carboxylic acid groups (broad SMARTS) is 1. The standard InChI is InChI=1S/C16H15NO3/c1-10-6-5-9-14(11(10)2)17-15(18)12-7-3-4-8-13(12)16(19)20/h3-9H,1-2H3,(H,17,18)(H,19,20)/p-1. The Morgan fingerprint density at radius 3 is 2.25 bits per heavy atom. The van der Waals surface area contributed by atoms with E-state index in [1.807, 2.05) is 26.0 Å². The number of hydrogen-bond acceptors (Lipinski definition) is 3. The summed E-state index contributed by atoms with van der Waals surface area (Å²) in [5.41, 5.74) is 2.65. The third kappa shape index (κ3) is 2.69. The second-order valence-electron chi connectivity index (χ2n) is 4.53. The summed E-state index contributed by atoms with van der Waals surface area (Å²) >= 11 is 0. The number of rotatable bonds is 3. The van der Waals surface area contributed by atoms with Crippen LogP contribution in [0.5, 0.6) is 0 Å². The summed E-state index contributed by atoms with van der Waals surface area (Å²) in [5, 5.41) is 13.7. The highest BCUT2D eigenvalue weighted by Crippen LogP contribution is 2.19. The van der Waals surface area contributed by atoms with Gasteiger partial charge in [-0.2, -0.15) is 0 Å². The van der Waals surface area contributed by atoms with Crippen LogP contribution in [0.25, 0.3) is 0 Å². The zero-order valence-electron chi connectivity index (χ0n) is 11.3. The molecule has 0 spiro atoms. The molecule has 1 amide bonds. The first-order valence-electron chi connectivity index (χ1n) is 6.18. The first-order chi connectivity index (χ1) is 9.50. The lowest BCUT2D eigenvalue weighted by Gasteiger charge is -2.13. The summed E-state index contributed by atoms with van der Waals surface area (Å²) < 4.78 is 0. The third-order valence-corrected chi connectivity index (χ3v) is 3.24. The third-order valence-electron chi connectivity index (χ3n) is 3.24. The Hall–Kier alpha value is -2.62. The van der Waals surface area contributed by atoms with E-state index in [-0.39, 0.29) is 11.1 Å². The highest BCUT2D eigenvalue weighted by atomic mass is 16.4. The summed E-state index contributed by atoms with van der Waals surface area (Å²) in [6, 6.07) is 11.5. The van der Waals surface area contributed by atoms with Gasteiger partial charge >= 0.3 is 0 Å². The number of carbonyl (C=O) groups excluding carboxylic acids is 2. The van der Waals surface area contributed by atoms with Crippen LogP contribution in [0.15, 0.2) is 42.5 Å². The van der Waals surface area contributed by atoms with E-state index in [2.05, 4.69) is 5.32 Å². The highest BCUT2D eigenvalue weighted by molar-refractivity contribution is 6.10. The Kier molecular flexibility index (Phi) is 3.84. The molecular weight excluding hydrogens is 254 g/mol. The van der Waals surface area contributed by atoms with Crippen LogP contribution in [0.2, 0.25) is 0 Å². The Morgan fingerprint density at radius 2 is 1.60 bits per heavy atom. The summed E-state index contributed by atoms with van der Waals surface area (Å²) in [4.78, 5) is 23.2. The van der Waals surface area contributed by atoms with Crippen LogP contribution in [0.1, 0.15) is 31.8 Å². The molecule has 4 heteroatoms. The predicted octanol–water partition coefficient (Wildman–Crippen LogP) is 1.92. The van der Waals surface area contributed by atoms with Gasteiger partial charge in [-0.05, 0) is 37.1 Å². The van der Waals surface area contributed by atoms with E-state index in [9.17, 15) is 14.7 Å². The molecule has 2 aromatic carbocycles. The number of carboxylic acids is 1. The van der Waals surface area contributed by atoms with E-state index in [0.717, 1.165) is 11.1 Å². The maximum Gasteiger partial charge on any atom is 0.256 e. The van der Waals surface area contributed by atoms with Crippen LogP contribution in [0.4, 0.5) is 5.69 Å². The van der Waals surface area contributed by atoms with Crippen molar-refractivity contribution >= 4 is 17.6 Å². The molecule has 0 heterocycles. The van der Waals surface area contributed by atoms with Crippen molar-refractivity contribution in [2.75, 3.05) is 5.32 Å². The zero-order chi connectivity index (χ0) is 14.7. The van der Waals surface area contributed by atoms with Crippen LogP contribution >= 0.6 is 0 Å². The summed E-state index contributed by atoms with van der Waals surface area (Å²) in [7, 11) is 0. The van der Waals surface area contributed by atoms with Gasteiger partial charge in [0, 0.05) is 16.8 Å². The van der Waals surface area contributed by atoms with E-state index in [4.69, 9.17) is 0 Å². The van der Waals surface area contributed by atoms with Gasteiger partial charge in [0.2, 0.25) is 0 Å².